The molecule has 1 aromatic rings. The van der Waals surface area contributed by atoms with Crippen molar-refractivity contribution in [2.75, 3.05) is 5.32 Å². The van der Waals surface area contributed by atoms with Crippen molar-refractivity contribution in [1.82, 2.24) is 0 Å². The third kappa shape index (κ3) is 3.59. The van der Waals surface area contributed by atoms with Crippen molar-refractivity contribution in [3.63, 3.8) is 0 Å². The molecule has 1 atom stereocenters. The van der Waals surface area contributed by atoms with Gasteiger partial charge in [0.05, 0.1) is 0 Å². The highest BCUT2D eigenvalue weighted by atomic mass is 16.5. The minimum absolute atomic E-state index is 0.0970. The summed E-state index contributed by atoms with van der Waals surface area (Å²) in [6.45, 7) is 3.45. The first-order chi connectivity index (χ1) is 9.60. The van der Waals surface area contributed by atoms with Gasteiger partial charge in [0, 0.05) is 19.0 Å². The van der Waals surface area contributed by atoms with Gasteiger partial charge in [-0.05, 0) is 48.9 Å². The molecule has 1 aliphatic carbocycles. The van der Waals surface area contributed by atoms with Crippen LogP contribution in [0.25, 0.3) is 0 Å². The van der Waals surface area contributed by atoms with Gasteiger partial charge in [-0.15, -0.1) is 0 Å². The van der Waals surface area contributed by atoms with Crippen molar-refractivity contribution in [2.24, 2.45) is 0 Å². The van der Waals surface area contributed by atoms with Crippen LogP contribution in [0.5, 0.6) is 0 Å². The zero-order chi connectivity index (χ0) is 14.5. The van der Waals surface area contributed by atoms with E-state index in [4.69, 9.17) is 4.74 Å². The van der Waals surface area contributed by atoms with Crippen LogP contribution in [0.1, 0.15) is 56.8 Å². The molecule has 108 valence electrons. The molecule has 4 nitrogen and oxygen atoms in total. The Hall–Kier alpha value is -1.84. The maximum atomic E-state index is 11.7. The van der Waals surface area contributed by atoms with Crippen LogP contribution in [0, 0.1) is 0 Å². The Morgan fingerprint density at radius 1 is 1.40 bits per heavy atom. The quantitative estimate of drug-likeness (QED) is 0.857. The van der Waals surface area contributed by atoms with Gasteiger partial charge in [0.15, 0.2) is 0 Å². The number of carbonyl (C=O) groups is 2. The molecule has 0 aromatic heterocycles. The second kappa shape index (κ2) is 6.55. The zero-order valence-corrected chi connectivity index (χ0v) is 12.1. The number of benzene rings is 1. The molecule has 0 radical (unpaired) electrons. The number of anilines is 1. The smallest absolute Gasteiger partial charge is 0.306 e. The van der Waals surface area contributed by atoms with Gasteiger partial charge in [-0.1, -0.05) is 13.0 Å². The van der Waals surface area contributed by atoms with Crippen LogP contribution >= 0.6 is 0 Å². The molecule has 0 bridgehead atoms. The van der Waals surface area contributed by atoms with E-state index in [-0.39, 0.29) is 18.0 Å². The SMILES string of the molecule is CCCC(=O)OC1CCCc2ccc(NC(C)=O)cc21. The zero-order valence-electron chi connectivity index (χ0n) is 12.1. The fourth-order valence-corrected chi connectivity index (χ4v) is 2.58. The number of esters is 1. The largest absolute Gasteiger partial charge is 0.457 e. The second-order valence-electron chi connectivity index (χ2n) is 5.22. The summed E-state index contributed by atoms with van der Waals surface area (Å²) in [6, 6.07) is 5.84. The molecule has 1 aromatic carbocycles. The van der Waals surface area contributed by atoms with Gasteiger partial charge in [0.2, 0.25) is 5.91 Å². The lowest BCUT2D eigenvalue weighted by Gasteiger charge is -2.26. The van der Waals surface area contributed by atoms with E-state index in [1.165, 1.54) is 12.5 Å². The molecule has 0 saturated carbocycles. The van der Waals surface area contributed by atoms with Gasteiger partial charge in [-0.25, -0.2) is 0 Å². The molecule has 0 fully saturated rings. The number of nitrogens with one attached hydrogen (secondary N) is 1. The number of aryl methyl sites for hydroxylation is 1. The minimum atomic E-state index is -0.175. The highest BCUT2D eigenvalue weighted by molar-refractivity contribution is 5.88. The van der Waals surface area contributed by atoms with Gasteiger partial charge < -0.3 is 10.1 Å². The van der Waals surface area contributed by atoms with Gasteiger partial charge in [0.25, 0.3) is 0 Å². The van der Waals surface area contributed by atoms with E-state index in [0.29, 0.717) is 6.42 Å². The summed E-state index contributed by atoms with van der Waals surface area (Å²) in [5, 5.41) is 2.77. The first-order valence-corrected chi connectivity index (χ1v) is 7.20. The number of hydrogen-bond donors (Lipinski definition) is 1. The fourth-order valence-electron chi connectivity index (χ4n) is 2.58. The molecule has 0 saturated heterocycles. The summed E-state index contributed by atoms with van der Waals surface area (Å²) in [4.78, 5) is 22.8. The average Bonchev–Trinajstić information content (AvgIpc) is 2.39. The van der Waals surface area contributed by atoms with Crippen molar-refractivity contribution in [3.05, 3.63) is 29.3 Å². The minimum Gasteiger partial charge on any atom is -0.457 e. The topological polar surface area (TPSA) is 55.4 Å². The molecule has 2 rings (SSSR count). The lowest BCUT2D eigenvalue weighted by molar-refractivity contribution is -0.150. The summed E-state index contributed by atoms with van der Waals surface area (Å²) >= 11 is 0. The maximum Gasteiger partial charge on any atom is 0.306 e. The number of fused-ring (bicyclic) bond motifs is 1. The van der Waals surface area contributed by atoms with Crippen molar-refractivity contribution >= 4 is 17.6 Å². The van der Waals surface area contributed by atoms with E-state index in [9.17, 15) is 9.59 Å². The summed E-state index contributed by atoms with van der Waals surface area (Å²) < 4.78 is 5.57. The molecule has 1 unspecified atom stereocenters. The van der Waals surface area contributed by atoms with E-state index in [2.05, 4.69) is 5.32 Å². The molecule has 20 heavy (non-hydrogen) atoms. The molecule has 1 amide bonds. The molecule has 0 aliphatic heterocycles. The molecule has 1 N–H and O–H groups in total. The van der Waals surface area contributed by atoms with E-state index in [0.717, 1.165) is 36.9 Å². The predicted molar refractivity (Wildman–Crippen MR) is 77.4 cm³/mol. The molecular formula is C16H21NO3. The number of amides is 1. The normalized spacial score (nSPS) is 17.2. The van der Waals surface area contributed by atoms with Crippen LogP contribution in [0.2, 0.25) is 0 Å². The third-order valence-corrected chi connectivity index (χ3v) is 3.45. The van der Waals surface area contributed by atoms with E-state index < -0.39 is 0 Å². The highest BCUT2D eigenvalue weighted by Crippen LogP contribution is 2.34. The Kier molecular flexibility index (Phi) is 4.77. The van der Waals surface area contributed by atoms with Crippen LogP contribution < -0.4 is 5.32 Å². The Labute approximate surface area is 119 Å². The highest BCUT2D eigenvalue weighted by Gasteiger charge is 2.23. The van der Waals surface area contributed by atoms with Crippen molar-refractivity contribution in [3.8, 4) is 0 Å². The predicted octanol–water partition coefficient (Wildman–Crippen LogP) is 3.37. The van der Waals surface area contributed by atoms with E-state index in [1.807, 2.05) is 25.1 Å². The van der Waals surface area contributed by atoms with Crippen molar-refractivity contribution in [2.45, 2.75) is 52.1 Å². The van der Waals surface area contributed by atoms with Crippen molar-refractivity contribution < 1.29 is 14.3 Å². The van der Waals surface area contributed by atoms with E-state index >= 15 is 0 Å². The lowest BCUT2D eigenvalue weighted by atomic mass is 9.89. The molecular weight excluding hydrogens is 254 g/mol. The Bertz CT molecular complexity index is 510. The van der Waals surface area contributed by atoms with Crippen LogP contribution in [0.4, 0.5) is 5.69 Å². The number of rotatable bonds is 4. The van der Waals surface area contributed by atoms with Gasteiger partial charge >= 0.3 is 5.97 Å². The Morgan fingerprint density at radius 3 is 2.90 bits per heavy atom. The summed E-state index contributed by atoms with van der Waals surface area (Å²) in [5.41, 5.74) is 3.00. The second-order valence-corrected chi connectivity index (χ2v) is 5.22. The van der Waals surface area contributed by atoms with Crippen LogP contribution in [-0.4, -0.2) is 11.9 Å². The standard InChI is InChI=1S/C16H21NO3/c1-3-5-16(19)20-15-7-4-6-12-8-9-13(10-14(12)15)17-11(2)18/h8-10,15H,3-7H2,1-2H3,(H,17,18). The van der Waals surface area contributed by atoms with Crippen molar-refractivity contribution in [1.29, 1.82) is 0 Å². The number of hydrogen-bond acceptors (Lipinski definition) is 3. The maximum absolute atomic E-state index is 11.7. The van der Waals surface area contributed by atoms with Crippen LogP contribution in [-0.2, 0) is 20.7 Å². The van der Waals surface area contributed by atoms with Crippen LogP contribution in [0.3, 0.4) is 0 Å². The van der Waals surface area contributed by atoms with Gasteiger partial charge in [-0.3, -0.25) is 9.59 Å². The molecule has 1 aliphatic rings. The van der Waals surface area contributed by atoms with E-state index in [1.54, 1.807) is 0 Å². The fraction of sp³-hybridized carbons (Fsp3) is 0.500. The molecule has 0 heterocycles. The number of carbonyl (C=O) groups excluding carboxylic acids is 2. The summed E-state index contributed by atoms with van der Waals surface area (Å²) in [7, 11) is 0. The monoisotopic (exact) mass is 275 g/mol. The first kappa shape index (κ1) is 14.6. The number of ether oxygens (including phenoxy) is 1. The lowest BCUT2D eigenvalue weighted by Crippen LogP contribution is -2.17. The van der Waals surface area contributed by atoms with Crippen LogP contribution in [0.15, 0.2) is 18.2 Å². The average molecular weight is 275 g/mol. The Morgan fingerprint density at radius 2 is 2.20 bits per heavy atom. The summed E-state index contributed by atoms with van der Waals surface area (Å²) in [6.07, 6.45) is 3.95. The van der Waals surface area contributed by atoms with Gasteiger partial charge in [0.1, 0.15) is 6.10 Å². The first-order valence-electron chi connectivity index (χ1n) is 7.20. The third-order valence-electron chi connectivity index (χ3n) is 3.45. The van der Waals surface area contributed by atoms with Gasteiger partial charge in [-0.2, -0.15) is 0 Å². The Balaban J connectivity index is 2.19. The summed E-state index contributed by atoms with van der Waals surface area (Å²) in [5.74, 6) is -0.240. The molecule has 0 spiro atoms. The molecule has 4 heteroatoms.